The lowest BCUT2D eigenvalue weighted by Crippen LogP contribution is -2.72. The SMILES string of the molecule is CN=C(NCCNC(=O)C(C)(C)C)N1CC(C)(C)C1(C)C. The number of nitrogens with zero attached hydrogens (tertiary/aromatic N) is 2. The van der Waals surface area contributed by atoms with E-state index in [1.165, 1.54) is 0 Å². The Morgan fingerprint density at radius 2 is 1.67 bits per heavy atom. The van der Waals surface area contributed by atoms with Crippen molar-refractivity contribution < 1.29 is 4.79 Å². The number of rotatable bonds is 3. The summed E-state index contributed by atoms with van der Waals surface area (Å²) in [6, 6.07) is 0. The van der Waals surface area contributed by atoms with Crippen molar-refractivity contribution in [3.05, 3.63) is 0 Å². The summed E-state index contributed by atoms with van der Waals surface area (Å²) in [5.74, 6) is 0.981. The van der Waals surface area contributed by atoms with Crippen LogP contribution in [0.5, 0.6) is 0 Å². The summed E-state index contributed by atoms with van der Waals surface area (Å²) in [6.45, 7) is 17.1. The number of nitrogens with one attached hydrogen (secondary N) is 2. The van der Waals surface area contributed by atoms with Gasteiger partial charge >= 0.3 is 0 Å². The van der Waals surface area contributed by atoms with Crippen molar-refractivity contribution in [3.63, 3.8) is 0 Å². The third-order valence-electron chi connectivity index (χ3n) is 4.73. The maximum Gasteiger partial charge on any atom is 0.225 e. The Bertz CT molecular complexity index is 418. The molecule has 0 radical (unpaired) electrons. The van der Waals surface area contributed by atoms with Crippen molar-refractivity contribution in [2.24, 2.45) is 15.8 Å². The van der Waals surface area contributed by atoms with Crippen LogP contribution in [0.25, 0.3) is 0 Å². The van der Waals surface area contributed by atoms with Crippen LogP contribution in [0, 0.1) is 10.8 Å². The lowest BCUT2D eigenvalue weighted by atomic mass is 9.65. The molecular formula is C16H32N4O. The Morgan fingerprint density at radius 3 is 2.05 bits per heavy atom. The van der Waals surface area contributed by atoms with E-state index < -0.39 is 0 Å². The van der Waals surface area contributed by atoms with Gasteiger partial charge < -0.3 is 15.5 Å². The normalized spacial score (nSPS) is 20.8. The van der Waals surface area contributed by atoms with Gasteiger partial charge in [0, 0.05) is 43.1 Å². The van der Waals surface area contributed by atoms with Crippen LogP contribution in [0.4, 0.5) is 0 Å². The number of likely N-dealkylation sites (tertiary alicyclic amines) is 1. The van der Waals surface area contributed by atoms with Crippen LogP contribution in [0.15, 0.2) is 4.99 Å². The molecule has 5 nitrogen and oxygen atoms in total. The van der Waals surface area contributed by atoms with Crippen LogP contribution in [0.3, 0.4) is 0 Å². The maximum absolute atomic E-state index is 11.8. The largest absolute Gasteiger partial charge is 0.354 e. The molecule has 0 aromatic carbocycles. The first-order valence-electron chi connectivity index (χ1n) is 7.70. The molecule has 0 unspecified atom stereocenters. The molecule has 0 spiro atoms. The lowest BCUT2D eigenvalue weighted by Gasteiger charge is -2.62. The van der Waals surface area contributed by atoms with Crippen molar-refractivity contribution in [2.75, 3.05) is 26.7 Å². The Labute approximate surface area is 129 Å². The summed E-state index contributed by atoms with van der Waals surface area (Å²) in [7, 11) is 1.80. The summed E-state index contributed by atoms with van der Waals surface area (Å²) < 4.78 is 0. The number of amides is 1. The first-order chi connectivity index (χ1) is 9.43. The molecule has 0 bridgehead atoms. The van der Waals surface area contributed by atoms with Crippen molar-refractivity contribution in [2.45, 2.75) is 54.0 Å². The number of aliphatic imine (C=N–C) groups is 1. The molecule has 0 aromatic heterocycles. The molecule has 5 heteroatoms. The monoisotopic (exact) mass is 296 g/mol. The van der Waals surface area contributed by atoms with E-state index >= 15 is 0 Å². The Hall–Kier alpha value is -1.26. The topological polar surface area (TPSA) is 56.7 Å². The molecule has 1 rings (SSSR count). The molecule has 1 fully saturated rings. The maximum atomic E-state index is 11.8. The fourth-order valence-corrected chi connectivity index (χ4v) is 2.31. The fraction of sp³-hybridized carbons (Fsp3) is 0.875. The fourth-order valence-electron chi connectivity index (χ4n) is 2.31. The van der Waals surface area contributed by atoms with Crippen molar-refractivity contribution >= 4 is 11.9 Å². The molecule has 21 heavy (non-hydrogen) atoms. The van der Waals surface area contributed by atoms with Crippen LogP contribution in [-0.2, 0) is 4.79 Å². The molecule has 1 aliphatic rings. The van der Waals surface area contributed by atoms with Gasteiger partial charge in [0.05, 0.1) is 0 Å². The smallest absolute Gasteiger partial charge is 0.225 e. The van der Waals surface area contributed by atoms with Crippen LogP contribution in [-0.4, -0.2) is 49.0 Å². The molecule has 1 amide bonds. The molecule has 122 valence electrons. The number of hydrogen-bond donors (Lipinski definition) is 2. The summed E-state index contributed by atoms with van der Waals surface area (Å²) in [5, 5.41) is 6.27. The second-order valence-corrected chi connectivity index (χ2v) is 8.01. The highest BCUT2D eigenvalue weighted by Gasteiger charge is 2.53. The minimum atomic E-state index is -0.342. The number of guanidine groups is 1. The minimum absolute atomic E-state index is 0.0738. The van der Waals surface area contributed by atoms with Crippen molar-refractivity contribution in [1.82, 2.24) is 15.5 Å². The average molecular weight is 296 g/mol. The quantitative estimate of drug-likeness (QED) is 0.475. The summed E-state index contributed by atoms with van der Waals surface area (Å²) in [6.07, 6.45) is 0. The van der Waals surface area contributed by atoms with Gasteiger partial charge in [0.15, 0.2) is 5.96 Å². The van der Waals surface area contributed by atoms with E-state index in [0.717, 1.165) is 12.5 Å². The molecule has 1 heterocycles. The highest BCUT2D eigenvalue weighted by Crippen LogP contribution is 2.46. The van der Waals surface area contributed by atoms with Crippen molar-refractivity contribution in [3.8, 4) is 0 Å². The third kappa shape index (κ3) is 3.69. The zero-order valence-corrected chi connectivity index (χ0v) is 14.9. The van der Waals surface area contributed by atoms with Gasteiger partial charge in [-0.3, -0.25) is 9.79 Å². The number of carbonyl (C=O) groups excluding carboxylic acids is 1. The van der Waals surface area contributed by atoms with Crippen molar-refractivity contribution in [1.29, 1.82) is 0 Å². The van der Waals surface area contributed by atoms with E-state index in [0.29, 0.717) is 13.1 Å². The molecular weight excluding hydrogens is 264 g/mol. The first kappa shape index (κ1) is 17.8. The van der Waals surface area contributed by atoms with Gasteiger partial charge in [0.25, 0.3) is 0 Å². The zero-order valence-electron chi connectivity index (χ0n) is 14.9. The molecule has 1 saturated heterocycles. The Morgan fingerprint density at radius 1 is 1.14 bits per heavy atom. The van der Waals surface area contributed by atoms with E-state index in [2.05, 4.69) is 48.2 Å². The molecule has 1 aliphatic heterocycles. The van der Waals surface area contributed by atoms with E-state index in [4.69, 9.17) is 0 Å². The van der Waals surface area contributed by atoms with E-state index in [9.17, 15) is 4.79 Å². The van der Waals surface area contributed by atoms with Crippen LogP contribution < -0.4 is 10.6 Å². The lowest BCUT2D eigenvalue weighted by molar-refractivity contribution is -0.128. The molecule has 2 N–H and O–H groups in total. The summed E-state index contributed by atoms with van der Waals surface area (Å²) in [4.78, 5) is 18.4. The number of hydrogen-bond acceptors (Lipinski definition) is 2. The van der Waals surface area contributed by atoms with Gasteiger partial charge in [-0.15, -0.1) is 0 Å². The van der Waals surface area contributed by atoms with Gasteiger partial charge in [0.2, 0.25) is 5.91 Å². The van der Waals surface area contributed by atoms with Gasteiger partial charge in [-0.05, 0) is 13.8 Å². The van der Waals surface area contributed by atoms with Gasteiger partial charge in [-0.25, -0.2) is 0 Å². The highest BCUT2D eigenvalue weighted by atomic mass is 16.2. The summed E-state index contributed by atoms with van der Waals surface area (Å²) >= 11 is 0. The first-order valence-corrected chi connectivity index (χ1v) is 7.70. The summed E-state index contributed by atoms with van der Waals surface area (Å²) in [5.41, 5.74) is 0.0275. The van der Waals surface area contributed by atoms with E-state index in [1.807, 2.05) is 20.8 Å². The Balaban J connectivity index is 2.43. The number of carbonyl (C=O) groups is 1. The minimum Gasteiger partial charge on any atom is -0.354 e. The Kier molecular flexibility index (Phi) is 4.96. The van der Waals surface area contributed by atoms with Gasteiger partial charge in [0.1, 0.15) is 0 Å². The molecule has 0 atom stereocenters. The predicted molar refractivity (Wildman–Crippen MR) is 88.4 cm³/mol. The van der Waals surface area contributed by atoms with E-state index in [-0.39, 0.29) is 22.3 Å². The molecule has 0 aromatic rings. The molecule has 0 saturated carbocycles. The van der Waals surface area contributed by atoms with Crippen LogP contribution in [0.2, 0.25) is 0 Å². The zero-order chi connectivity index (χ0) is 16.5. The van der Waals surface area contributed by atoms with Gasteiger partial charge in [-0.1, -0.05) is 34.6 Å². The van der Waals surface area contributed by atoms with Crippen LogP contribution >= 0.6 is 0 Å². The standard InChI is InChI=1S/C16H32N4O/c1-14(2,3)12(21)18-9-10-19-13(17-8)20-11-15(4,5)16(20,6)7/h9-11H2,1-8H3,(H,17,19)(H,18,21). The van der Waals surface area contributed by atoms with Gasteiger partial charge in [-0.2, -0.15) is 0 Å². The second kappa shape index (κ2) is 5.85. The molecule has 0 aliphatic carbocycles. The highest BCUT2D eigenvalue weighted by molar-refractivity contribution is 5.82. The predicted octanol–water partition coefficient (Wildman–Crippen LogP) is 1.84. The average Bonchev–Trinajstić information content (AvgIpc) is 2.35. The second-order valence-electron chi connectivity index (χ2n) is 8.01. The van der Waals surface area contributed by atoms with E-state index in [1.54, 1.807) is 7.05 Å². The van der Waals surface area contributed by atoms with Crippen LogP contribution in [0.1, 0.15) is 48.5 Å². The third-order valence-corrected chi connectivity index (χ3v) is 4.73.